The van der Waals surface area contributed by atoms with Gasteiger partial charge in [-0.15, -0.1) is 0 Å². The minimum Gasteiger partial charge on any atom is -0.311 e. The predicted molar refractivity (Wildman–Crippen MR) is 105 cm³/mol. The van der Waals surface area contributed by atoms with Crippen LogP contribution in [0, 0.1) is 20.8 Å². The Kier molecular flexibility index (Phi) is 6.44. The smallest absolute Gasteiger partial charge is 0.240 e. The average molecular weight is 395 g/mol. The fraction of sp³-hybridized carbons (Fsp3) is 0.316. The molecule has 0 aromatic heterocycles. The summed E-state index contributed by atoms with van der Waals surface area (Å²) in [5, 5.41) is 0.588. The Morgan fingerprint density at radius 2 is 1.73 bits per heavy atom. The largest absolute Gasteiger partial charge is 0.311 e. The molecule has 0 spiro atoms. The number of amides is 1. The van der Waals surface area contributed by atoms with Crippen molar-refractivity contribution in [3.05, 3.63) is 58.1 Å². The molecule has 0 unspecified atom stereocenters. The third-order valence-corrected chi connectivity index (χ3v) is 5.94. The number of nitrogens with zero attached hydrogens (tertiary/aromatic N) is 1. The van der Waals surface area contributed by atoms with Crippen LogP contribution in [-0.4, -0.2) is 27.4 Å². The van der Waals surface area contributed by atoms with E-state index in [0.29, 0.717) is 10.7 Å². The topological polar surface area (TPSA) is 66.5 Å². The van der Waals surface area contributed by atoms with Crippen LogP contribution in [0.3, 0.4) is 0 Å². The number of aryl methyl sites for hydroxylation is 3. The van der Waals surface area contributed by atoms with E-state index in [9.17, 15) is 13.2 Å². The number of hydrogen-bond donors (Lipinski definition) is 1. The molecule has 1 amide bonds. The summed E-state index contributed by atoms with van der Waals surface area (Å²) in [6.45, 7) is 7.44. The second-order valence-corrected chi connectivity index (χ2v) is 8.45. The number of nitrogens with one attached hydrogen (secondary N) is 1. The molecule has 0 saturated carbocycles. The zero-order valence-corrected chi connectivity index (χ0v) is 16.9. The maximum Gasteiger partial charge on any atom is 0.240 e. The molecule has 5 nitrogen and oxygen atoms in total. The number of carbonyl (C=O) groups excluding carboxylic acids is 1. The number of anilines is 1. The molecule has 2 aromatic rings. The van der Waals surface area contributed by atoms with E-state index >= 15 is 0 Å². The van der Waals surface area contributed by atoms with Gasteiger partial charge in [-0.05, 0) is 67.8 Å². The number of sulfonamides is 1. The van der Waals surface area contributed by atoms with E-state index in [1.807, 2.05) is 20.8 Å². The quantitative estimate of drug-likeness (QED) is 0.814. The zero-order chi connectivity index (χ0) is 19.5. The van der Waals surface area contributed by atoms with Crippen LogP contribution in [0.5, 0.6) is 0 Å². The van der Waals surface area contributed by atoms with Gasteiger partial charge in [-0.25, -0.2) is 13.1 Å². The summed E-state index contributed by atoms with van der Waals surface area (Å²) in [6.07, 6.45) is 0. The van der Waals surface area contributed by atoms with Gasteiger partial charge in [-0.2, -0.15) is 0 Å². The van der Waals surface area contributed by atoms with E-state index < -0.39 is 10.0 Å². The lowest BCUT2D eigenvalue weighted by Gasteiger charge is -2.23. The summed E-state index contributed by atoms with van der Waals surface area (Å²) in [4.78, 5) is 13.8. The van der Waals surface area contributed by atoms with Gasteiger partial charge >= 0.3 is 0 Å². The Balaban J connectivity index is 2.12. The molecule has 26 heavy (non-hydrogen) atoms. The van der Waals surface area contributed by atoms with Crippen molar-refractivity contribution in [2.75, 3.05) is 18.0 Å². The van der Waals surface area contributed by atoms with E-state index in [4.69, 9.17) is 11.6 Å². The molecule has 0 heterocycles. The standard InChI is InChI=1S/C19H23ClN2O3S/c1-13-5-7-18(12-14(13)2)26(24,25)21-9-10-22(16(4)23)19-8-6-17(20)11-15(19)3/h5-8,11-12,21H,9-10H2,1-4H3. The molecule has 0 saturated heterocycles. The minimum absolute atomic E-state index is 0.108. The number of rotatable bonds is 6. The highest BCUT2D eigenvalue weighted by molar-refractivity contribution is 7.89. The van der Waals surface area contributed by atoms with Gasteiger partial charge in [-0.3, -0.25) is 4.79 Å². The Morgan fingerprint density at radius 1 is 1.04 bits per heavy atom. The molecule has 0 bridgehead atoms. The van der Waals surface area contributed by atoms with Crippen molar-refractivity contribution in [2.45, 2.75) is 32.6 Å². The number of carbonyl (C=O) groups is 1. The number of hydrogen-bond acceptors (Lipinski definition) is 3. The second kappa shape index (κ2) is 8.20. The third-order valence-electron chi connectivity index (χ3n) is 4.25. The van der Waals surface area contributed by atoms with Crippen molar-refractivity contribution in [1.82, 2.24) is 4.72 Å². The Labute approximate surface area is 160 Å². The Hall–Kier alpha value is -1.89. The molecule has 7 heteroatoms. The van der Waals surface area contributed by atoms with E-state index in [-0.39, 0.29) is 23.9 Å². The van der Waals surface area contributed by atoms with Gasteiger partial charge in [0.15, 0.2) is 0 Å². The molecule has 0 aliphatic rings. The highest BCUT2D eigenvalue weighted by atomic mass is 35.5. The van der Waals surface area contributed by atoms with Crippen molar-refractivity contribution >= 4 is 33.2 Å². The first-order valence-electron chi connectivity index (χ1n) is 8.23. The van der Waals surface area contributed by atoms with Gasteiger partial charge in [0.05, 0.1) is 4.90 Å². The van der Waals surface area contributed by atoms with Crippen molar-refractivity contribution in [3.8, 4) is 0 Å². The van der Waals surface area contributed by atoms with Crippen LogP contribution in [-0.2, 0) is 14.8 Å². The van der Waals surface area contributed by atoms with Gasteiger partial charge in [0.1, 0.15) is 0 Å². The lowest BCUT2D eigenvalue weighted by molar-refractivity contribution is -0.116. The summed E-state index contributed by atoms with van der Waals surface area (Å²) >= 11 is 5.96. The molecular formula is C19H23ClN2O3S. The monoisotopic (exact) mass is 394 g/mol. The van der Waals surface area contributed by atoms with Crippen molar-refractivity contribution < 1.29 is 13.2 Å². The van der Waals surface area contributed by atoms with Gasteiger partial charge in [-0.1, -0.05) is 17.7 Å². The highest BCUT2D eigenvalue weighted by Crippen LogP contribution is 2.23. The normalized spacial score (nSPS) is 11.4. The Bertz CT molecular complexity index is 926. The first-order chi connectivity index (χ1) is 12.1. The van der Waals surface area contributed by atoms with Crippen LogP contribution in [0.25, 0.3) is 0 Å². The van der Waals surface area contributed by atoms with Crippen LogP contribution < -0.4 is 9.62 Å². The molecular weight excluding hydrogens is 372 g/mol. The molecule has 0 fully saturated rings. The number of halogens is 1. The molecule has 0 radical (unpaired) electrons. The number of benzene rings is 2. The summed E-state index contributed by atoms with van der Waals surface area (Å²) in [5.74, 6) is -0.166. The highest BCUT2D eigenvalue weighted by Gasteiger charge is 2.17. The molecule has 0 aliphatic carbocycles. The SMILES string of the molecule is CC(=O)N(CCNS(=O)(=O)c1ccc(C)c(C)c1)c1ccc(Cl)cc1C. The van der Waals surface area contributed by atoms with E-state index in [0.717, 1.165) is 16.7 Å². The fourth-order valence-electron chi connectivity index (χ4n) is 2.63. The lowest BCUT2D eigenvalue weighted by Crippen LogP contribution is -2.37. The molecule has 2 rings (SSSR count). The molecule has 0 atom stereocenters. The summed E-state index contributed by atoms with van der Waals surface area (Å²) in [6, 6.07) is 10.2. The van der Waals surface area contributed by atoms with Crippen LogP contribution in [0.4, 0.5) is 5.69 Å². The van der Waals surface area contributed by atoms with E-state index in [1.54, 1.807) is 36.4 Å². The maximum atomic E-state index is 12.5. The summed E-state index contributed by atoms with van der Waals surface area (Å²) < 4.78 is 27.5. The van der Waals surface area contributed by atoms with Crippen LogP contribution in [0.15, 0.2) is 41.3 Å². The van der Waals surface area contributed by atoms with Crippen molar-refractivity contribution in [1.29, 1.82) is 0 Å². The van der Waals surface area contributed by atoms with Crippen LogP contribution in [0.1, 0.15) is 23.6 Å². The van der Waals surface area contributed by atoms with E-state index in [1.165, 1.54) is 11.8 Å². The first kappa shape index (κ1) is 20.4. The molecule has 2 aromatic carbocycles. The predicted octanol–water partition coefficient (Wildman–Crippen LogP) is 3.60. The summed E-state index contributed by atoms with van der Waals surface area (Å²) in [5.41, 5.74) is 3.51. The van der Waals surface area contributed by atoms with Gasteiger partial charge in [0.25, 0.3) is 0 Å². The average Bonchev–Trinajstić information content (AvgIpc) is 2.54. The van der Waals surface area contributed by atoms with Crippen LogP contribution in [0.2, 0.25) is 5.02 Å². The maximum absolute atomic E-state index is 12.5. The van der Waals surface area contributed by atoms with Crippen molar-refractivity contribution in [3.63, 3.8) is 0 Å². The first-order valence-corrected chi connectivity index (χ1v) is 10.1. The van der Waals surface area contributed by atoms with Crippen molar-refractivity contribution in [2.24, 2.45) is 0 Å². The van der Waals surface area contributed by atoms with E-state index in [2.05, 4.69) is 4.72 Å². The van der Waals surface area contributed by atoms with Gasteiger partial charge < -0.3 is 4.90 Å². The molecule has 0 aliphatic heterocycles. The molecule has 1 N–H and O–H groups in total. The summed E-state index contributed by atoms with van der Waals surface area (Å²) in [7, 11) is -3.63. The fourth-order valence-corrected chi connectivity index (χ4v) is 3.96. The minimum atomic E-state index is -3.63. The van der Waals surface area contributed by atoms with Gasteiger partial charge in [0, 0.05) is 30.7 Å². The van der Waals surface area contributed by atoms with Crippen LogP contribution >= 0.6 is 11.6 Å². The lowest BCUT2D eigenvalue weighted by atomic mass is 10.1. The second-order valence-electron chi connectivity index (χ2n) is 6.25. The third kappa shape index (κ3) is 4.84. The zero-order valence-electron chi connectivity index (χ0n) is 15.3. The Morgan fingerprint density at radius 3 is 2.31 bits per heavy atom. The van der Waals surface area contributed by atoms with Gasteiger partial charge in [0.2, 0.25) is 15.9 Å². The molecule has 140 valence electrons.